The first-order valence-corrected chi connectivity index (χ1v) is 8.50. The van der Waals surface area contributed by atoms with Crippen LogP contribution in [0.5, 0.6) is 0 Å². The van der Waals surface area contributed by atoms with Crippen LogP contribution in [0.25, 0.3) is 11.1 Å². The summed E-state index contributed by atoms with van der Waals surface area (Å²) in [7, 11) is 0. The van der Waals surface area contributed by atoms with Gasteiger partial charge < -0.3 is 15.1 Å². The van der Waals surface area contributed by atoms with Crippen LogP contribution in [-0.2, 0) is 6.54 Å². The molecule has 2 aromatic heterocycles. The number of nitrogens with zero attached hydrogens (tertiary/aromatic N) is 2. The molecule has 3 aromatic rings. The topological polar surface area (TPSA) is 80.1 Å². The quantitative estimate of drug-likeness (QED) is 0.732. The van der Waals surface area contributed by atoms with E-state index in [2.05, 4.69) is 27.5 Å². The Balaban J connectivity index is 1.64. The summed E-state index contributed by atoms with van der Waals surface area (Å²) < 4.78 is 19.0. The van der Waals surface area contributed by atoms with E-state index in [1.807, 2.05) is 0 Å². The highest BCUT2D eigenvalue weighted by Gasteiger charge is 2.38. The predicted molar refractivity (Wildman–Crippen MR) is 95.4 cm³/mol. The van der Waals surface area contributed by atoms with Crippen molar-refractivity contribution in [2.75, 3.05) is 5.32 Å². The van der Waals surface area contributed by atoms with E-state index in [1.54, 1.807) is 19.1 Å². The molecule has 2 N–H and O–H groups in total. The number of furan rings is 1. The van der Waals surface area contributed by atoms with E-state index in [0.717, 1.165) is 12.8 Å². The monoisotopic (exact) mass is 354 g/mol. The van der Waals surface area contributed by atoms with E-state index in [0.29, 0.717) is 33.8 Å². The molecule has 6 nitrogen and oxygen atoms in total. The minimum atomic E-state index is -0.334. The predicted octanol–water partition coefficient (Wildman–Crippen LogP) is 3.56. The third kappa shape index (κ3) is 3.12. The van der Waals surface area contributed by atoms with Gasteiger partial charge in [-0.05, 0) is 44.4 Å². The highest BCUT2D eigenvalue weighted by Crippen LogP contribution is 2.40. The second-order valence-electron chi connectivity index (χ2n) is 6.93. The second kappa shape index (κ2) is 6.09. The first-order chi connectivity index (χ1) is 12.5. The minimum absolute atomic E-state index is 0.00176. The van der Waals surface area contributed by atoms with Gasteiger partial charge in [0.15, 0.2) is 0 Å². The van der Waals surface area contributed by atoms with E-state index in [-0.39, 0.29) is 23.8 Å². The van der Waals surface area contributed by atoms with E-state index in [1.165, 1.54) is 18.5 Å². The summed E-state index contributed by atoms with van der Waals surface area (Å²) >= 11 is 0. The number of aromatic nitrogens is 2. The van der Waals surface area contributed by atoms with E-state index in [4.69, 9.17) is 4.42 Å². The number of amides is 1. The molecule has 0 atom stereocenters. The normalized spacial score (nSPS) is 15.0. The number of nitrogens with one attached hydrogen (secondary N) is 2. The lowest BCUT2D eigenvalue weighted by Gasteiger charge is -2.13. The zero-order valence-corrected chi connectivity index (χ0v) is 14.6. The number of halogens is 1. The number of benzene rings is 1. The van der Waals surface area contributed by atoms with Crippen molar-refractivity contribution in [1.82, 2.24) is 15.3 Å². The van der Waals surface area contributed by atoms with Gasteiger partial charge in [-0.15, -0.1) is 0 Å². The highest BCUT2D eigenvalue weighted by molar-refractivity contribution is 6.10. The largest absolute Gasteiger partial charge is 0.442 e. The van der Waals surface area contributed by atoms with Crippen molar-refractivity contribution in [3.05, 3.63) is 53.3 Å². The van der Waals surface area contributed by atoms with Crippen LogP contribution in [0.15, 0.2) is 35.0 Å². The van der Waals surface area contributed by atoms with Crippen LogP contribution < -0.4 is 10.6 Å². The molecular weight excluding hydrogens is 335 g/mol. The first kappa shape index (κ1) is 16.5. The van der Waals surface area contributed by atoms with Gasteiger partial charge in [-0.2, -0.15) is 0 Å². The lowest BCUT2D eigenvalue weighted by molar-refractivity contribution is 0.0950. The van der Waals surface area contributed by atoms with Crippen molar-refractivity contribution in [2.24, 2.45) is 0 Å². The van der Waals surface area contributed by atoms with Crippen molar-refractivity contribution in [3.8, 4) is 0 Å². The van der Waals surface area contributed by atoms with Crippen molar-refractivity contribution in [3.63, 3.8) is 0 Å². The molecule has 26 heavy (non-hydrogen) atoms. The lowest BCUT2D eigenvalue weighted by Crippen LogP contribution is -2.24. The van der Waals surface area contributed by atoms with Crippen LogP contribution in [0.2, 0.25) is 0 Å². The van der Waals surface area contributed by atoms with Gasteiger partial charge in [-0.1, -0.05) is 12.1 Å². The van der Waals surface area contributed by atoms with Crippen molar-refractivity contribution in [1.29, 1.82) is 0 Å². The summed E-state index contributed by atoms with van der Waals surface area (Å²) in [5.74, 6) is 0.438. The summed E-state index contributed by atoms with van der Waals surface area (Å²) in [6, 6.07) is 6.13. The molecule has 7 heteroatoms. The molecule has 1 saturated carbocycles. The third-order valence-corrected chi connectivity index (χ3v) is 4.65. The molecule has 0 aliphatic heterocycles. The summed E-state index contributed by atoms with van der Waals surface area (Å²) in [5, 5.41) is 6.78. The zero-order chi connectivity index (χ0) is 18.3. The maximum absolute atomic E-state index is 13.3. The fourth-order valence-corrected chi connectivity index (χ4v) is 2.93. The standard InChI is InChI=1S/C19H19FN4O2/c1-11-14(17(25)21-9-12-4-3-5-13(20)8-12)15-16(24-19(2)6-7-19)22-10-23-18(15)26-11/h3-5,8,10H,6-7,9H2,1-2H3,(H,21,25)(H,22,23,24). The SMILES string of the molecule is Cc1oc2ncnc(NC3(C)CC3)c2c1C(=O)NCc1cccc(F)c1. The van der Waals surface area contributed by atoms with Crippen molar-refractivity contribution < 1.29 is 13.6 Å². The van der Waals surface area contributed by atoms with Crippen LogP contribution >= 0.6 is 0 Å². The number of anilines is 1. The van der Waals surface area contributed by atoms with Crippen LogP contribution in [0.3, 0.4) is 0 Å². The number of aryl methyl sites for hydroxylation is 1. The Kier molecular flexibility index (Phi) is 3.86. The van der Waals surface area contributed by atoms with Gasteiger partial charge in [0.05, 0.1) is 10.9 Å². The number of carbonyl (C=O) groups is 1. The Morgan fingerprint density at radius 2 is 2.15 bits per heavy atom. The Bertz CT molecular complexity index is 994. The Morgan fingerprint density at radius 3 is 2.88 bits per heavy atom. The number of carbonyl (C=O) groups excluding carboxylic acids is 1. The third-order valence-electron chi connectivity index (χ3n) is 4.65. The molecule has 1 amide bonds. The number of rotatable bonds is 5. The molecule has 0 saturated heterocycles. The minimum Gasteiger partial charge on any atom is -0.442 e. The molecule has 0 spiro atoms. The fraction of sp³-hybridized carbons (Fsp3) is 0.316. The first-order valence-electron chi connectivity index (χ1n) is 8.50. The number of hydrogen-bond donors (Lipinski definition) is 2. The summed E-state index contributed by atoms with van der Waals surface area (Å²) in [6.07, 6.45) is 3.53. The molecular formula is C19H19FN4O2. The maximum Gasteiger partial charge on any atom is 0.255 e. The summed E-state index contributed by atoms with van der Waals surface area (Å²) in [6.45, 7) is 4.05. The van der Waals surface area contributed by atoms with Crippen LogP contribution in [-0.4, -0.2) is 21.4 Å². The molecule has 134 valence electrons. The molecule has 1 aliphatic carbocycles. The summed E-state index contributed by atoms with van der Waals surface area (Å²) in [4.78, 5) is 21.2. The Morgan fingerprint density at radius 1 is 1.35 bits per heavy atom. The molecule has 1 aliphatic rings. The van der Waals surface area contributed by atoms with Gasteiger partial charge in [0, 0.05) is 12.1 Å². The Hall–Kier alpha value is -2.96. The van der Waals surface area contributed by atoms with Gasteiger partial charge in [0.2, 0.25) is 5.71 Å². The Labute approximate surface area is 149 Å². The molecule has 0 unspecified atom stereocenters. The maximum atomic E-state index is 13.3. The highest BCUT2D eigenvalue weighted by atomic mass is 19.1. The average Bonchev–Trinajstić information content (AvgIpc) is 3.21. The zero-order valence-electron chi connectivity index (χ0n) is 14.6. The number of fused-ring (bicyclic) bond motifs is 1. The summed E-state index contributed by atoms with van der Waals surface area (Å²) in [5.41, 5.74) is 1.47. The average molecular weight is 354 g/mol. The smallest absolute Gasteiger partial charge is 0.255 e. The van der Waals surface area contributed by atoms with Gasteiger partial charge >= 0.3 is 0 Å². The molecule has 2 heterocycles. The van der Waals surface area contributed by atoms with Crippen LogP contribution in [0, 0.1) is 12.7 Å². The molecule has 1 fully saturated rings. The van der Waals surface area contributed by atoms with Crippen LogP contribution in [0.4, 0.5) is 10.2 Å². The van der Waals surface area contributed by atoms with Gasteiger partial charge in [0.1, 0.15) is 23.7 Å². The number of hydrogen-bond acceptors (Lipinski definition) is 5. The molecule has 4 rings (SSSR count). The van der Waals surface area contributed by atoms with E-state index < -0.39 is 0 Å². The van der Waals surface area contributed by atoms with Crippen molar-refractivity contribution in [2.45, 2.75) is 38.8 Å². The lowest BCUT2D eigenvalue weighted by atomic mass is 10.1. The van der Waals surface area contributed by atoms with Gasteiger partial charge in [-0.25, -0.2) is 14.4 Å². The van der Waals surface area contributed by atoms with Gasteiger partial charge in [-0.3, -0.25) is 4.79 Å². The second-order valence-corrected chi connectivity index (χ2v) is 6.93. The van der Waals surface area contributed by atoms with E-state index in [9.17, 15) is 9.18 Å². The van der Waals surface area contributed by atoms with Gasteiger partial charge in [0.25, 0.3) is 5.91 Å². The fourth-order valence-electron chi connectivity index (χ4n) is 2.93. The molecule has 1 aromatic carbocycles. The van der Waals surface area contributed by atoms with E-state index >= 15 is 0 Å². The van der Waals surface area contributed by atoms with Crippen LogP contribution in [0.1, 0.15) is 41.4 Å². The van der Waals surface area contributed by atoms with Crippen molar-refractivity contribution >= 4 is 22.8 Å². The molecule has 0 bridgehead atoms. The molecule has 0 radical (unpaired) electrons.